The van der Waals surface area contributed by atoms with Gasteiger partial charge in [0, 0.05) is 19.0 Å². The van der Waals surface area contributed by atoms with Gasteiger partial charge in [-0.2, -0.15) is 10.4 Å². The van der Waals surface area contributed by atoms with Gasteiger partial charge in [0.1, 0.15) is 0 Å². The number of aromatic nitrogens is 4. The predicted octanol–water partition coefficient (Wildman–Crippen LogP) is 4.93. The second-order valence-corrected chi connectivity index (χ2v) is 10.8. The van der Waals surface area contributed by atoms with Crippen molar-refractivity contribution in [1.29, 1.82) is 5.26 Å². The van der Waals surface area contributed by atoms with Crippen molar-refractivity contribution in [2.24, 2.45) is 0 Å². The molecule has 0 saturated carbocycles. The maximum Gasteiger partial charge on any atom is 0.273 e. The zero-order chi connectivity index (χ0) is 29.3. The van der Waals surface area contributed by atoms with E-state index in [1.165, 1.54) is 15.8 Å². The number of hydrogen-bond acceptors (Lipinski definition) is 6. The molecular weight excluding hydrogens is 543 g/mol. The first-order valence-corrected chi connectivity index (χ1v) is 13.8. The zero-order valence-electron chi connectivity index (χ0n) is 22.7. The monoisotopic (exact) mass is 571 g/mol. The van der Waals surface area contributed by atoms with Crippen LogP contribution in [0.25, 0.3) is 5.95 Å². The smallest absolute Gasteiger partial charge is 0.273 e. The van der Waals surface area contributed by atoms with Crippen LogP contribution in [0.1, 0.15) is 57.4 Å². The number of hydrogen-bond donors (Lipinski definition) is 0. The molecule has 1 atom stereocenters. The number of nitriles is 1. The number of piperidine rings is 1. The van der Waals surface area contributed by atoms with Crippen LogP contribution in [0.15, 0.2) is 73.2 Å². The summed E-state index contributed by atoms with van der Waals surface area (Å²) >= 11 is 0. The third-order valence-corrected chi connectivity index (χ3v) is 8.10. The zero-order valence-corrected chi connectivity index (χ0v) is 22.7. The van der Waals surface area contributed by atoms with Crippen molar-refractivity contribution in [3.63, 3.8) is 0 Å². The normalized spacial score (nSPS) is 19.1. The first-order valence-electron chi connectivity index (χ1n) is 13.8. The summed E-state index contributed by atoms with van der Waals surface area (Å²) in [4.78, 5) is 25.5. The van der Waals surface area contributed by atoms with E-state index < -0.39 is 30.1 Å². The summed E-state index contributed by atoms with van der Waals surface area (Å²) in [5.74, 6) is -5.32. The highest BCUT2D eigenvalue weighted by molar-refractivity contribution is 5.96. The molecule has 0 radical (unpaired) electrons. The lowest BCUT2D eigenvalue weighted by Gasteiger charge is -2.32. The second-order valence-electron chi connectivity index (χ2n) is 10.8. The Morgan fingerprint density at radius 3 is 2.36 bits per heavy atom. The number of benzene rings is 2. The number of amides is 1. The topological polar surface area (TPSA) is 90.9 Å². The van der Waals surface area contributed by atoms with E-state index in [-0.39, 0.29) is 24.0 Å². The molecule has 6 rings (SSSR count). The Morgan fingerprint density at radius 2 is 1.69 bits per heavy atom. The van der Waals surface area contributed by atoms with E-state index >= 15 is 8.78 Å². The predicted molar refractivity (Wildman–Crippen MR) is 148 cm³/mol. The molecule has 1 amide bonds. The average Bonchev–Trinajstić information content (AvgIpc) is 3.59. The van der Waals surface area contributed by atoms with Gasteiger partial charge in [-0.15, -0.1) is 0 Å². The summed E-state index contributed by atoms with van der Waals surface area (Å²) in [6, 6.07) is 18.1. The number of nitrogens with zero attached hydrogens (tertiary/aromatic N) is 7. The van der Waals surface area contributed by atoms with Crippen LogP contribution < -0.4 is 0 Å². The van der Waals surface area contributed by atoms with Crippen LogP contribution in [0.5, 0.6) is 0 Å². The minimum absolute atomic E-state index is 0.111. The summed E-state index contributed by atoms with van der Waals surface area (Å²) in [5.41, 5.74) is 2.98. The molecule has 1 unspecified atom stereocenters. The van der Waals surface area contributed by atoms with E-state index in [9.17, 15) is 9.18 Å². The van der Waals surface area contributed by atoms with Gasteiger partial charge in [-0.05, 0) is 49.2 Å². The summed E-state index contributed by atoms with van der Waals surface area (Å²) in [6.07, 6.45) is 4.82. The number of likely N-dealkylation sites (tertiary alicyclic amines) is 2. The van der Waals surface area contributed by atoms with Crippen molar-refractivity contribution in [2.75, 3.05) is 26.2 Å². The van der Waals surface area contributed by atoms with Gasteiger partial charge >= 0.3 is 0 Å². The fourth-order valence-corrected chi connectivity index (χ4v) is 5.94. The molecule has 0 spiro atoms. The second kappa shape index (κ2) is 11.4. The van der Waals surface area contributed by atoms with Crippen LogP contribution in [0.4, 0.5) is 13.2 Å². The summed E-state index contributed by atoms with van der Waals surface area (Å²) in [6.45, 7) is 1.37. The Labute approximate surface area is 241 Å². The van der Waals surface area contributed by atoms with Crippen molar-refractivity contribution in [1.82, 2.24) is 29.5 Å². The molecule has 2 saturated heterocycles. The molecule has 2 aliphatic heterocycles. The third kappa shape index (κ3) is 5.50. The van der Waals surface area contributed by atoms with Gasteiger partial charge < -0.3 is 4.90 Å². The summed E-state index contributed by atoms with van der Waals surface area (Å²) in [5, 5.41) is 13.4. The molecule has 4 aromatic rings. The lowest BCUT2D eigenvalue weighted by atomic mass is 9.90. The van der Waals surface area contributed by atoms with Crippen LogP contribution in [-0.2, 0) is 6.54 Å². The van der Waals surface area contributed by atoms with E-state index in [2.05, 4.69) is 26.0 Å². The summed E-state index contributed by atoms with van der Waals surface area (Å²) in [7, 11) is 0. The average molecular weight is 572 g/mol. The molecule has 0 aliphatic carbocycles. The lowest BCUT2D eigenvalue weighted by Crippen LogP contribution is -2.35. The molecule has 0 N–H and O–H groups in total. The van der Waals surface area contributed by atoms with E-state index in [0.29, 0.717) is 36.2 Å². The molecule has 11 heteroatoms. The third-order valence-electron chi connectivity index (χ3n) is 8.10. The molecule has 4 heterocycles. The Morgan fingerprint density at radius 1 is 1.00 bits per heavy atom. The van der Waals surface area contributed by atoms with Crippen LogP contribution >= 0.6 is 0 Å². The SMILES string of the molecule is N#Cc1ccc(CN2CCC(c3c(C(=O)N4CC(c5ccccc5)C(F)(F)C4)cnn3-c3ncc(F)cn3)CC2)cc1. The van der Waals surface area contributed by atoms with Crippen molar-refractivity contribution < 1.29 is 18.0 Å². The summed E-state index contributed by atoms with van der Waals surface area (Å²) < 4.78 is 45.4. The highest BCUT2D eigenvalue weighted by atomic mass is 19.3. The fourth-order valence-electron chi connectivity index (χ4n) is 5.94. The Kier molecular flexibility index (Phi) is 7.47. The van der Waals surface area contributed by atoms with E-state index in [1.54, 1.807) is 42.5 Å². The number of alkyl halides is 2. The van der Waals surface area contributed by atoms with E-state index in [1.807, 2.05) is 12.1 Å². The maximum absolute atomic E-state index is 15.2. The highest BCUT2D eigenvalue weighted by Gasteiger charge is 2.50. The number of halogens is 3. The standard InChI is InChI=1S/C31H28F3N7O/c32-25-15-36-30(37-16-25)41-28(24-10-12-39(13-11-24)18-22-8-6-21(14-35)7-9-22)26(17-38-41)29(42)40-19-27(31(33,34)20-40)23-4-2-1-3-5-23/h1-9,15-17,24,27H,10-13,18-20H2. The molecule has 2 aromatic carbocycles. The lowest BCUT2D eigenvalue weighted by molar-refractivity contribution is -0.00244. The van der Waals surface area contributed by atoms with Crippen molar-refractivity contribution in [3.8, 4) is 12.0 Å². The molecule has 2 fully saturated rings. The maximum atomic E-state index is 15.2. The van der Waals surface area contributed by atoms with E-state index in [0.717, 1.165) is 31.0 Å². The van der Waals surface area contributed by atoms with Gasteiger partial charge in [-0.25, -0.2) is 27.8 Å². The first kappa shape index (κ1) is 27.6. The van der Waals surface area contributed by atoms with Gasteiger partial charge in [0.05, 0.1) is 53.9 Å². The Balaban J connectivity index is 1.25. The first-order chi connectivity index (χ1) is 20.3. The molecule has 42 heavy (non-hydrogen) atoms. The quantitative estimate of drug-likeness (QED) is 0.326. The van der Waals surface area contributed by atoms with Gasteiger partial charge in [-0.1, -0.05) is 42.5 Å². The van der Waals surface area contributed by atoms with Gasteiger partial charge in [0.25, 0.3) is 17.8 Å². The van der Waals surface area contributed by atoms with Crippen LogP contribution in [0, 0.1) is 17.1 Å². The fraction of sp³-hybridized carbons (Fsp3) is 0.323. The molecule has 2 aromatic heterocycles. The Hall–Kier alpha value is -4.56. The highest BCUT2D eigenvalue weighted by Crippen LogP contribution is 2.41. The molecule has 2 aliphatic rings. The number of carbonyl (C=O) groups excluding carboxylic acids is 1. The molecule has 214 valence electrons. The largest absolute Gasteiger partial charge is 0.332 e. The minimum Gasteiger partial charge on any atom is -0.332 e. The molecule has 8 nitrogen and oxygen atoms in total. The van der Waals surface area contributed by atoms with E-state index in [4.69, 9.17) is 5.26 Å². The van der Waals surface area contributed by atoms with Gasteiger partial charge in [-0.3, -0.25) is 9.69 Å². The molecule has 0 bridgehead atoms. The Bertz CT molecular complexity index is 1590. The number of rotatable bonds is 6. The van der Waals surface area contributed by atoms with Gasteiger partial charge in [0.2, 0.25) is 0 Å². The van der Waals surface area contributed by atoms with Gasteiger partial charge in [0.15, 0.2) is 5.82 Å². The van der Waals surface area contributed by atoms with Crippen LogP contribution in [0.2, 0.25) is 0 Å². The minimum atomic E-state index is -3.08. The number of carbonyl (C=O) groups is 1. The van der Waals surface area contributed by atoms with Crippen molar-refractivity contribution >= 4 is 5.91 Å². The van der Waals surface area contributed by atoms with Crippen LogP contribution in [-0.4, -0.2) is 67.6 Å². The van der Waals surface area contributed by atoms with Crippen molar-refractivity contribution in [3.05, 3.63) is 107 Å². The molecular formula is C31H28F3N7O. The van der Waals surface area contributed by atoms with Crippen molar-refractivity contribution in [2.45, 2.75) is 37.1 Å². The van der Waals surface area contributed by atoms with Crippen LogP contribution in [0.3, 0.4) is 0 Å².